The Bertz CT molecular complexity index is 965. The van der Waals surface area contributed by atoms with Gasteiger partial charge >= 0.3 is 5.97 Å². The summed E-state index contributed by atoms with van der Waals surface area (Å²) in [4.78, 5) is 23.7. The van der Waals surface area contributed by atoms with Crippen LogP contribution in [-0.4, -0.2) is 26.4 Å². The number of para-hydroxylation sites is 1. The molecule has 26 heavy (non-hydrogen) atoms. The normalized spacial score (nSPS) is 12.3. The van der Waals surface area contributed by atoms with Crippen LogP contribution < -0.4 is 10.5 Å². The van der Waals surface area contributed by atoms with E-state index >= 15 is 0 Å². The van der Waals surface area contributed by atoms with Crippen LogP contribution in [0.2, 0.25) is 5.02 Å². The number of esters is 1. The fourth-order valence-corrected chi connectivity index (χ4v) is 2.64. The first-order valence-electron chi connectivity index (χ1n) is 7.18. The van der Waals surface area contributed by atoms with Gasteiger partial charge in [0.25, 0.3) is 5.91 Å². The van der Waals surface area contributed by atoms with Crippen LogP contribution in [0.4, 0.5) is 10.1 Å². The van der Waals surface area contributed by atoms with Gasteiger partial charge in [0, 0.05) is 0 Å². The van der Waals surface area contributed by atoms with Gasteiger partial charge in [0.1, 0.15) is 5.82 Å². The number of halogens is 2. The lowest BCUT2D eigenvalue weighted by atomic mass is 10.2. The lowest BCUT2D eigenvalue weighted by Crippen LogP contribution is -2.30. The van der Waals surface area contributed by atoms with Gasteiger partial charge in [-0.05, 0) is 37.3 Å². The third-order valence-corrected chi connectivity index (χ3v) is 4.51. The molecule has 0 bridgehead atoms. The van der Waals surface area contributed by atoms with Crippen molar-refractivity contribution in [1.29, 1.82) is 0 Å². The second-order valence-electron chi connectivity index (χ2n) is 5.20. The number of rotatable bonds is 5. The summed E-state index contributed by atoms with van der Waals surface area (Å²) in [7, 11) is -4.13. The Labute approximate surface area is 154 Å². The molecule has 0 spiro atoms. The summed E-state index contributed by atoms with van der Waals surface area (Å²) in [6, 6.07) is 8.84. The second kappa shape index (κ2) is 7.81. The van der Waals surface area contributed by atoms with E-state index in [0.717, 1.165) is 18.2 Å². The first-order chi connectivity index (χ1) is 12.1. The summed E-state index contributed by atoms with van der Waals surface area (Å²) in [6.07, 6.45) is -1.30. The highest BCUT2D eigenvalue weighted by Crippen LogP contribution is 2.21. The number of hydrogen-bond acceptors (Lipinski definition) is 5. The van der Waals surface area contributed by atoms with Gasteiger partial charge in [-0.25, -0.2) is 22.7 Å². The quantitative estimate of drug-likeness (QED) is 0.747. The Hall–Kier alpha value is -2.49. The Kier molecular flexibility index (Phi) is 5.96. The maximum absolute atomic E-state index is 13.8. The van der Waals surface area contributed by atoms with Crippen LogP contribution in [0.25, 0.3) is 0 Å². The number of amides is 1. The number of sulfonamides is 1. The van der Waals surface area contributed by atoms with Gasteiger partial charge in [0.15, 0.2) is 6.10 Å². The van der Waals surface area contributed by atoms with Gasteiger partial charge in [0.2, 0.25) is 10.0 Å². The number of ether oxygens (including phenoxy) is 1. The minimum atomic E-state index is -4.13. The topological polar surface area (TPSA) is 116 Å². The zero-order chi connectivity index (χ0) is 19.5. The maximum atomic E-state index is 13.8. The predicted molar refractivity (Wildman–Crippen MR) is 92.7 cm³/mol. The molecule has 1 amide bonds. The molecule has 0 aliphatic heterocycles. The largest absolute Gasteiger partial charge is 0.449 e. The van der Waals surface area contributed by atoms with Crippen LogP contribution in [0.5, 0.6) is 0 Å². The fraction of sp³-hybridized carbons (Fsp3) is 0.125. The molecule has 0 saturated carbocycles. The van der Waals surface area contributed by atoms with Crippen LogP contribution in [0.3, 0.4) is 0 Å². The van der Waals surface area contributed by atoms with Crippen molar-refractivity contribution in [1.82, 2.24) is 0 Å². The maximum Gasteiger partial charge on any atom is 0.341 e. The Balaban J connectivity index is 2.14. The summed E-state index contributed by atoms with van der Waals surface area (Å²) in [5.74, 6) is -2.93. The first kappa shape index (κ1) is 19.8. The van der Waals surface area contributed by atoms with Crippen molar-refractivity contribution in [2.24, 2.45) is 5.14 Å². The highest BCUT2D eigenvalue weighted by Gasteiger charge is 2.23. The third-order valence-electron chi connectivity index (χ3n) is 3.27. The molecule has 0 aliphatic carbocycles. The average Bonchev–Trinajstić information content (AvgIpc) is 2.56. The third kappa shape index (κ3) is 4.78. The molecule has 1 atom stereocenters. The van der Waals surface area contributed by atoms with Crippen molar-refractivity contribution in [3.8, 4) is 0 Å². The van der Waals surface area contributed by atoms with Crippen molar-refractivity contribution in [2.45, 2.75) is 17.9 Å². The van der Waals surface area contributed by atoms with Crippen molar-refractivity contribution >= 4 is 39.2 Å². The minimum Gasteiger partial charge on any atom is -0.449 e. The molecule has 0 saturated heterocycles. The van der Waals surface area contributed by atoms with E-state index in [1.54, 1.807) is 24.3 Å². The Morgan fingerprint density at radius 3 is 2.50 bits per heavy atom. The van der Waals surface area contributed by atoms with Gasteiger partial charge in [-0.2, -0.15) is 0 Å². The van der Waals surface area contributed by atoms with E-state index < -0.39 is 44.3 Å². The Morgan fingerprint density at radius 2 is 1.88 bits per heavy atom. The van der Waals surface area contributed by atoms with Crippen LogP contribution in [-0.2, 0) is 19.6 Å². The van der Waals surface area contributed by atoms with Gasteiger partial charge in [0.05, 0.1) is 21.2 Å². The molecule has 0 aromatic heterocycles. The summed E-state index contributed by atoms with van der Waals surface area (Å²) in [6.45, 7) is 1.27. The van der Waals surface area contributed by atoms with Gasteiger partial charge < -0.3 is 10.1 Å². The number of hydrogen-bond donors (Lipinski definition) is 2. The van der Waals surface area contributed by atoms with Gasteiger partial charge in [-0.15, -0.1) is 0 Å². The first-order valence-corrected chi connectivity index (χ1v) is 9.10. The number of nitrogens with one attached hydrogen (secondary N) is 1. The monoisotopic (exact) mass is 400 g/mol. The van der Waals surface area contributed by atoms with E-state index in [9.17, 15) is 22.4 Å². The average molecular weight is 401 g/mol. The summed E-state index contributed by atoms with van der Waals surface area (Å²) < 4.78 is 41.3. The molecule has 0 heterocycles. The number of carbonyl (C=O) groups is 2. The molecule has 0 unspecified atom stereocenters. The summed E-state index contributed by atoms with van der Waals surface area (Å²) in [5.41, 5.74) is -0.349. The molecule has 2 aromatic carbocycles. The smallest absolute Gasteiger partial charge is 0.341 e. The molecule has 0 radical (unpaired) electrons. The molecule has 138 valence electrons. The van der Waals surface area contributed by atoms with Crippen molar-refractivity contribution in [2.75, 3.05) is 5.32 Å². The van der Waals surface area contributed by atoms with E-state index in [1.807, 2.05) is 0 Å². The van der Waals surface area contributed by atoms with E-state index in [2.05, 4.69) is 5.32 Å². The van der Waals surface area contributed by atoms with E-state index in [-0.39, 0.29) is 5.02 Å². The second-order valence-corrected chi connectivity index (χ2v) is 7.17. The number of carbonyl (C=O) groups excluding carboxylic acids is 2. The van der Waals surface area contributed by atoms with Gasteiger partial charge in [-0.1, -0.05) is 23.7 Å². The zero-order valence-corrected chi connectivity index (χ0v) is 15.0. The standard InChI is InChI=1S/C16H14ClFN2O5S/c1-9(15(21)20-14-5-3-2-4-12(14)17)25-16(22)11-8-10(26(19,23)24)6-7-13(11)18/h2-9H,1H3,(H,20,21)(H2,19,23,24)/t9-/m0/s1. The lowest BCUT2D eigenvalue weighted by molar-refractivity contribution is -0.123. The lowest BCUT2D eigenvalue weighted by Gasteiger charge is -2.14. The predicted octanol–water partition coefficient (Wildman–Crippen LogP) is 2.31. The number of primary sulfonamides is 1. The number of benzene rings is 2. The Morgan fingerprint density at radius 1 is 1.23 bits per heavy atom. The molecule has 0 fully saturated rings. The number of nitrogens with two attached hydrogens (primary N) is 1. The van der Waals surface area contributed by atoms with Crippen LogP contribution in [0.1, 0.15) is 17.3 Å². The molecular formula is C16H14ClFN2O5S. The SMILES string of the molecule is C[C@H](OC(=O)c1cc(S(N)(=O)=O)ccc1F)C(=O)Nc1ccccc1Cl. The highest BCUT2D eigenvalue weighted by atomic mass is 35.5. The van der Waals surface area contributed by atoms with Crippen LogP contribution >= 0.6 is 11.6 Å². The van der Waals surface area contributed by atoms with E-state index in [4.69, 9.17) is 21.5 Å². The molecule has 10 heteroatoms. The molecule has 0 aliphatic rings. The molecule has 3 N–H and O–H groups in total. The van der Waals surface area contributed by atoms with E-state index in [1.165, 1.54) is 6.92 Å². The van der Waals surface area contributed by atoms with Crippen LogP contribution in [0, 0.1) is 5.82 Å². The van der Waals surface area contributed by atoms with Crippen molar-refractivity contribution < 1.29 is 27.1 Å². The minimum absolute atomic E-state index is 0.284. The molecule has 7 nitrogen and oxygen atoms in total. The van der Waals surface area contributed by atoms with E-state index in [0.29, 0.717) is 5.69 Å². The molecule has 2 rings (SSSR count). The number of anilines is 1. The van der Waals surface area contributed by atoms with Gasteiger partial charge in [-0.3, -0.25) is 4.79 Å². The summed E-state index contributed by atoms with van der Waals surface area (Å²) >= 11 is 5.91. The molecule has 2 aromatic rings. The highest BCUT2D eigenvalue weighted by molar-refractivity contribution is 7.89. The van der Waals surface area contributed by atoms with Crippen molar-refractivity contribution in [3.05, 3.63) is 58.9 Å². The fourth-order valence-electron chi connectivity index (χ4n) is 1.91. The summed E-state index contributed by atoms with van der Waals surface area (Å²) in [5, 5.41) is 7.69. The van der Waals surface area contributed by atoms with Crippen molar-refractivity contribution in [3.63, 3.8) is 0 Å². The zero-order valence-electron chi connectivity index (χ0n) is 13.4. The molecular weight excluding hydrogens is 387 g/mol. The van der Waals surface area contributed by atoms with Crippen LogP contribution in [0.15, 0.2) is 47.4 Å².